The first-order chi connectivity index (χ1) is 15.6. The molecule has 3 rings (SSSR count). The first-order valence-corrected chi connectivity index (χ1v) is 10.4. The van der Waals surface area contributed by atoms with Gasteiger partial charge in [-0.25, -0.2) is 0 Å². The van der Waals surface area contributed by atoms with Crippen molar-refractivity contribution in [3.63, 3.8) is 0 Å². The SMILES string of the molecule is CCOc1cc(C(=O)NCc2nnnn2-c2ccc(OC)cc2)cc(OCC)c1OCC. The molecule has 0 aliphatic rings. The minimum absolute atomic E-state index is 0.124. The summed E-state index contributed by atoms with van der Waals surface area (Å²) in [5, 5.41) is 14.6. The summed E-state index contributed by atoms with van der Waals surface area (Å²) < 4.78 is 23.8. The predicted molar refractivity (Wildman–Crippen MR) is 117 cm³/mol. The quantitative estimate of drug-likeness (QED) is 0.484. The normalized spacial score (nSPS) is 10.5. The topological polar surface area (TPSA) is 110 Å². The summed E-state index contributed by atoms with van der Waals surface area (Å²) >= 11 is 0. The Labute approximate surface area is 186 Å². The number of ether oxygens (including phenoxy) is 4. The summed E-state index contributed by atoms with van der Waals surface area (Å²) in [5.41, 5.74) is 1.13. The molecular formula is C22H27N5O5. The summed E-state index contributed by atoms with van der Waals surface area (Å²) in [5.74, 6) is 2.27. The van der Waals surface area contributed by atoms with E-state index in [1.54, 1.807) is 23.9 Å². The number of methoxy groups -OCH3 is 1. The molecule has 32 heavy (non-hydrogen) atoms. The van der Waals surface area contributed by atoms with Crippen LogP contribution in [0.25, 0.3) is 5.69 Å². The molecule has 0 aliphatic carbocycles. The van der Waals surface area contributed by atoms with Crippen LogP contribution in [0.15, 0.2) is 36.4 Å². The van der Waals surface area contributed by atoms with E-state index in [-0.39, 0.29) is 12.5 Å². The second-order valence-electron chi connectivity index (χ2n) is 6.49. The molecule has 0 bridgehead atoms. The molecule has 0 radical (unpaired) electrons. The standard InChI is InChI=1S/C22H27N5O5/c1-5-30-18-12-15(13-19(31-6-2)21(18)32-7-3)22(28)23-14-20-24-25-26-27(20)16-8-10-17(29-4)11-9-16/h8-13H,5-7,14H2,1-4H3,(H,23,28). The van der Waals surface area contributed by atoms with Crippen molar-refractivity contribution in [3.8, 4) is 28.7 Å². The largest absolute Gasteiger partial charge is 0.497 e. The van der Waals surface area contributed by atoms with Crippen molar-refractivity contribution in [2.75, 3.05) is 26.9 Å². The van der Waals surface area contributed by atoms with Gasteiger partial charge in [-0.15, -0.1) is 5.10 Å². The average Bonchev–Trinajstić information content (AvgIpc) is 3.28. The van der Waals surface area contributed by atoms with E-state index in [0.717, 1.165) is 11.4 Å². The zero-order chi connectivity index (χ0) is 22.9. The minimum Gasteiger partial charge on any atom is -0.497 e. The van der Waals surface area contributed by atoms with Crippen molar-refractivity contribution in [2.45, 2.75) is 27.3 Å². The number of nitrogens with one attached hydrogen (secondary N) is 1. The molecular weight excluding hydrogens is 414 g/mol. The molecule has 10 heteroatoms. The maximum atomic E-state index is 12.9. The van der Waals surface area contributed by atoms with Crippen LogP contribution in [-0.4, -0.2) is 53.0 Å². The van der Waals surface area contributed by atoms with Gasteiger partial charge in [-0.3, -0.25) is 4.79 Å². The minimum atomic E-state index is -0.320. The summed E-state index contributed by atoms with van der Waals surface area (Å²) in [4.78, 5) is 12.9. The van der Waals surface area contributed by atoms with E-state index >= 15 is 0 Å². The van der Waals surface area contributed by atoms with E-state index < -0.39 is 0 Å². The number of tetrazole rings is 1. The smallest absolute Gasteiger partial charge is 0.251 e. The van der Waals surface area contributed by atoms with Crippen LogP contribution >= 0.6 is 0 Å². The molecule has 170 valence electrons. The summed E-state index contributed by atoms with van der Waals surface area (Å²) in [6.45, 7) is 7.02. The number of hydrogen-bond acceptors (Lipinski definition) is 8. The number of rotatable bonds is 11. The van der Waals surface area contributed by atoms with Crippen LogP contribution in [0.3, 0.4) is 0 Å². The fraction of sp³-hybridized carbons (Fsp3) is 0.364. The monoisotopic (exact) mass is 441 g/mol. The third-order valence-corrected chi connectivity index (χ3v) is 4.43. The molecule has 0 saturated heterocycles. The third-order valence-electron chi connectivity index (χ3n) is 4.43. The highest BCUT2D eigenvalue weighted by atomic mass is 16.5. The van der Waals surface area contributed by atoms with Crippen LogP contribution in [-0.2, 0) is 6.54 Å². The molecule has 0 fully saturated rings. The van der Waals surface area contributed by atoms with Gasteiger partial charge in [0.2, 0.25) is 5.75 Å². The second kappa shape index (κ2) is 11.0. The van der Waals surface area contributed by atoms with E-state index in [0.29, 0.717) is 48.5 Å². The van der Waals surface area contributed by atoms with Gasteiger partial charge in [0.05, 0.1) is 39.2 Å². The molecule has 1 N–H and O–H groups in total. The third kappa shape index (κ3) is 5.26. The van der Waals surface area contributed by atoms with Gasteiger partial charge >= 0.3 is 0 Å². The summed E-state index contributed by atoms with van der Waals surface area (Å²) in [6, 6.07) is 10.6. The van der Waals surface area contributed by atoms with Crippen LogP contribution in [0.2, 0.25) is 0 Å². The lowest BCUT2D eigenvalue weighted by Crippen LogP contribution is -2.25. The van der Waals surface area contributed by atoms with Crippen molar-refractivity contribution >= 4 is 5.91 Å². The number of carbonyl (C=O) groups is 1. The first-order valence-electron chi connectivity index (χ1n) is 10.4. The Bertz CT molecular complexity index is 1010. The van der Waals surface area contributed by atoms with Crippen LogP contribution in [0.4, 0.5) is 0 Å². The van der Waals surface area contributed by atoms with Gasteiger partial charge in [0.1, 0.15) is 5.75 Å². The van der Waals surface area contributed by atoms with Crippen molar-refractivity contribution in [2.24, 2.45) is 0 Å². The van der Waals surface area contributed by atoms with Crippen LogP contribution < -0.4 is 24.3 Å². The lowest BCUT2D eigenvalue weighted by molar-refractivity contribution is 0.0948. The predicted octanol–water partition coefficient (Wildman–Crippen LogP) is 2.80. The molecule has 0 unspecified atom stereocenters. The molecule has 1 heterocycles. The molecule has 1 aromatic heterocycles. The lowest BCUT2D eigenvalue weighted by atomic mass is 10.1. The second-order valence-corrected chi connectivity index (χ2v) is 6.49. The Morgan fingerprint density at radius 3 is 2.16 bits per heavy atom. The van der Waals surface area contributed by atoms with Crippen LogP contribution in [0, 0.1) is 0 Å². The Kier molecular flexibility index (Phi) is 7.85. The van der Waals surface area contributed by atoms with E-state index in [4.69, 9.17) is 18.9 Å². The van der Waals surface area contributed by atoms with Gasteiger partial charge in [0.15, 0.2) is 17.3 Å². The zero-order valence-electron chi connectivity index (χ0n) is 18.6. The molecule has 0 aliphatic heterocycles. The van der Waals surface area contributed by atoms with Crippen molar-refractivity contribution < 1.29 is 23.7 Å². The maximum Gasteiger partial charge on any atom is 0.251 e. The zero-order valence-corrected chi connectivity index (χ0v) is 18.6. The number of benzene rings is 2. The van der Waals surface area contributed by atoms with Crippen molar-refractivity contribution in [1.29, 1.82) is 0 Å². The van der Waals surface area contributed by atoms with E-state index in [1.807, 2.05) is 45.0 Å². The van der Waals surface area contributed by atoms with Crippen molar-refractivity contribution in [1.82, 2.24) is 25.5 Å². The summed E-state index contributed by atoms with van der Waals surface area (Å²) in [7, 11) is 1.60. The Morgan fingerprint density at radius 2 is 1.59 bits per heavy atom. The van der Waals surface area contributed by atoms with Gasteiger partial charge < -0.3 is 24.3 Å². The maximum absolute atomic E-state index is 12.9. The Hall–Kier alpha value is -3.82. The highest BCUT2D eigenvalue weighted by Gasteiger charge is 2.19. The van der Waals surface area contributed by atoms with Gasteiger partial charge in [0.25, 0.3) is 5.91 Å². The number of nitrogens with zero attached hydrogens (tertiary/aromatic N) is 4. The number of aromatic nitrogens is 4. The van der Waals surface area contributed by atoms with Gasteiger partial charge in [0, 0.05) is 5.56 Å². The van der Waals surface area contributed by atoms with E-state index in [9.17, 15) is 4.79 Å². The molecule has 2 aromatic carbocycles. The molecule has 1 amide bonds. The average molecular weight is 441 g/mol. The fourth-order valence-corrected chi connectivity index (χ4v) is 3.02. The highest BCUT2D eigenvalue weighted by molar-refractivity contribution is 5.95. The number of carbonyl (C=O) groups excluding carboxylic acids is 1. The van der Waals surface area contributed by atoms with Gasteiger partial charge in [-0.05, 0) is 67.6 Å². The first kappa shape index (κ1) is 22.9. The van der Waals surface area contributed by atoms with Crippen molar-refractivity contribution in [3.05, 3.63) is 47.8 Å². The number of hydrogen-bond donors (Lipinski definition) is 1. The highest BCUT2D eigenvalue weighted by Crippen LogP contribution is 2.39. The lowest BCUT2D eigenvalue weighted by Gasteiger charge is -2.17. The van der Waals surface area contributed by atoms with E-state index in [1.165, 1.54) is 0 Å². The van der Waals surface area contributed by atoms with Gasteiger partial charge in [-0.2, -0.15) is 4.68 Å². The van der Waals surface area contributed by atoms with Crippen LogP contribution in [0.1, 0.15) is 37.0 Å². The Balaban J connectivity index is 1.80. The molecule has 10 nitrogen and oxygen atoms in total. The molecule has 0 spiro atoms. The molecule has 0 atom stereocenters. The van der Waals surface area contributed by atoms with Gasteiger partial charge in [-0.1, -0.05) is 0 Å². The molecule has 0 saturated carbocycles. The fourth-order valence-electron chi connectivity index (χ4n) is 3.02. The van der Waals surface area contributed by atoms with E-state index in [2.05, 4.69) is 20.8 Å². The Morgan fingerprint density at radius 1 is 0.969 bits per heavy atom. The summed E-state index contributed by atoms with van der Waals surface area (Å²) in [6.07, 6.45) is 0. The van der Waals surface area contributed by atoms with Crippen LogP contribution in [0.5, 0.6) is 23.0 Å². The molecule has 3 aromatic rings. The number of amides is 1.